The molecule has 6 aromatic carbocycles. The average molecular weight is 2030 g/mol. The molecule has 12 aliphatic rings. The molecule has 12 heterocycles. The number of benzene rings is 6. The summed E-state index contributed by atoms with van der Waals surface area (Å²) >= 11 is 0. The summed E-state index contributed by atoms with van der Waals surface area (Å²) in [6.07, 6.45) is -31.1. The number of rotatable bonds is 21. The molecule has 0 aliphatic carbocycles. The highest BCUT2D eigenvalue weighted by molar-refractivity contribution is 5.55. The van der Waals surface area contributed by atoms with Crippen LogP contribution in [0.15, 0.2) is 72.8 Å². The second kappa shape index (κ2) is 48.4. The molecule has 6 saturated heterocycles. The summed E-state index contributed by atoms with van der Waals surface area (Å²) in [7, 11) is -13.7. The number of methoxy groups -OCH3 is 12. The van der Waals surface area contributed by atoms with Crippen LogP contribution >= 0.6 is 0 Å². The van der Waals surface area contributed by atoms with Crippen molar-refractivity contribution in [2.45, 2.75) is 291 Å². The van der Waals surface area contributed by atoms with Crippen LogP contribution < -0.4 is 56.8 Å². The number of aliphatic hydroxyl groups excluding tert-OH is 4. The Hall–Kier alpha value is -7.56. The van der Waals surface area contributed by atoms with Gasteiger partial charge in [0.15, 0.2) is 69.0 Å². The number of hydrogen-bond donors (Lipinski definition) is 6. The van der Waals surface area contributed by atoms with E-state index in [1.165, 1.54) is 89.0 Å². The van der Waals surface area contributed by atoms with Crippen molar-refractivity contribution in [3.05, 3.63) is 140 Å². The second-order valence-electron chi connectivity index (χ2n) is 37.8. The molecule has 24 heteroatoms. The summed E-state index contributed by atoms with van der Waals surface area (Å²) in [6, 6.07) is 2.51. The maximum absolute atomic E-state index is 11.2. The lowest BCUT2D eigenvalue weighted by Gasteiger charge is -2.47. The predicted octanol–water partition coefficient (Wildman–Crippen LogP) is 19.3. The molecule has 12 aliphatic heterocycles. The molecule has 18 atom stereocenters. The molecule has 24 nitrogen and oxygen atoms in total. The van der Waals surface area contributed by atoms with E-state index in [4.69, 9.17) is 146 Å². The Kier molecular flexibility index (Phi) is 17.1. The van der Waals surface area contributed by atoms with Crippen LogP contribution in [-0.2, 0) is 38.5 Å². The first-order chi connectivity index (χ1) is 94.6. The van der Waals surface area contributed by atoms with E-state index in [2.05, 4.69) is 0 Å². The van der Waals surface area contributed by atoms with Gasteiger partial charge in [-0.3, -0.25) is 29.4 Å². The van der Waals surface area contributed by atoms with Crippen LogP contribution in [-0.4, -0.2) is 260 Å². The van der Waals surface area contributed by atoms with Gasteiger partial charge < -0.3 is 87.5 Å². The molecule has 6 N–H and O–H groups in total. The van der Waals surface area contributed by atoms with Gasteiger partial charge in [-0.15, -0.1) is 0 Å². The molecule has 0 aromatic heterocycles. The molecular formula is C117H180N6O18. The number of hydrogen-bond acceptors (Lipinski definition) is 24. The van der Waals surface area contributed by atoms with Crippen molar-refractivity contribution >= 4 is 0 Å². The minimum atomic E-state index is -3.46. The van der Waals surface area contributed by atoms with E-state index in [1.54, 1.807) is 33.8 Å². The maximum Gasteiger partial charge on any atom is 0.161 e. The quantitative estimate of drug-likeness (QED) is 0.0392. The number of ether oxygens (including phenoxy) is 12. The Morgan fingerprint density at radius 1 is 0.298 bits per heavy atom. The molecule has 786 valence electrons. The minimum absolute atomic E-state index is 0.0390. The minimum Gasteiger partial charge on any atom is -0.493 e. The number of piperidine rings is 6. The van der Waals surface area contributed by atoms with Crippen molar-refractivity contribution in [2.24, 2.45) is 69.5 Å². The van der Waals surface area contributed by atoms with Crippen molar-refractivity contribution in [3.63, 3.8) is 0 Å². The van der Waals surface area contributed by atoms with Crippen molar-refractivity contribution in [1.29, 1.82) is 0 Å². The average Bonchev–Trinajstić information content (AvgIpc) is 0.654. The Labute approximate surface area is 946 Å². The first-order valence-corrected chi connectivity index (χ1v) is 46.5. The first-order valence-electron chi connectivity index (χ1n) is 82.0. The summed E-state index contributed by atoms with van der Waals surface area (Å²) in [6.45, 7) is -24.6. The Bertz CT molecular complexity index is 8310. The predicted molar refractivity (Wildman–Crippen MR) is 561 cm³/mol. The zero-order valence-corrected chi connectivity index (χ0v) is 81.5. The van der Waals surface area contributed by atoms with Gasteiger partial charge in [0.25, 0.3) is 0 Å². The molecule has 18 rings (SSSR count). The zero-order chi connectivity index (χ0) is 164. The SMILES string of the molecule is [2H]C([2H])([2H])Oc1cc2c(cc1OC([2H])([2H])[2H])C1([2H])CC(O)C(C([2H])([2H])C(C)(C([2H])([2H])[2H])C([2H])([2H])[2H])C([2H])([2H])N1CC2.[2H]C([2H])([2H])Oc1cc2c(cc1OC([2H])([2H])[2H])C1([2H])CC(O)C(CC(C)C)C([2H])([2H])N1CC2.[2H]C([2H])([2H])Oc1cc2c(cc1OC)C1([2H])CC(O)C(C([2H])([2H])C(C)(C([2H])([2H])[2H])C([2H])([2H])[2H])C([2H])([2H])N1CC2.[2H]C([2H])([2H])Oc1cc2c(cc1OC)CCN1C([2H])([2H])C([2H])(CC(C)C)C([2H])(O)C([2H])([2H])C21[2H].[2H]C([2H])([2H])Oc1cc2c(cc1OC)CCN1C2([2H])CC(O)C(C([2H])([2H])C(C)(C([2H])([2H])[2H])C([2H])([2H])[2H])C1([2H])[2H].[2H]C1([2H])N2CCc3cc(OC)c(OC)cc3C2([2H])C([2H])([2H])C([2H])(O)C1([2H])CC(C)C. The van der Waals surface area contributed by atoms with Gasteiger partial charge in [0.2, 0.25) is 0 Å². The highest BCUT2D eigenvalue weighted by Crippen LogP contribution is 2.53. The van der Waals surface area contributed by atoms with Gasteiger partial charge in [0.1, 0.15) is 0 Å². The van der Waals surface area contributed by atoms with E-state index in [1.807, 2.05) is 13.8 Å². The maximum atomic E-state index is 11.2. The van der Waals surface area contributed by atoms with Gasteiger partial charge in [0.05, 0.1) is 161 Å². The molecular weight excluding hydrogens is 1780 g/mol. The standard InChI is InChI=1S/3C20H31NO3.3C19H29NO3/c3*1-20(2,3)11-14-12-21-7-6-13-8-18(23-4)19(24-5)9-15(13)16(21)10-17(14)22;3*1-12(2)7-14-11-20-6-5-13-8-18(22-3)19(23-4)9-15(13)16(20)10-17(14)21/h3*8-9,14,16-17,22H,6-7,10-12H2,1-5H3;3*8-9,12,14,16-17,21H,5-7,10-11H2,1-4H3/i1D3,2D3,4D3,5D3,11D2,12D2,16D;1D3,2D3,5D3,11D2,12D2,16D;1D3,2D3,4D3,11D2,12D2,16D;4D3,10D2,11D2,14D,16D,17D;10D2,11D2,14D,16D,17D;3D3,4D3,11D2,16D. The molecule has 0 saturated carbocycles. The van der Waals surface area contributed by atoms with Crippen molar-refractivity contribution in [3.8, 4) is 69.0 Å². The third-order valence-electron chi connectivity index (χ3n) is 25.4. The van der Waals surface area contributed by atoms with Crippen molar-refractivity contribution in [2.75, 3.05) is 163 Å². The summed E-state index contributed by atoms with van der Waals surface area (Å²) in [4.78, 5) is 6.08. The van der Waals surface area contributed by atoms with Crippen LogP contribution in [0.2, 0.25) is 0 Å². The molecule has 6 aromatic rings. The lowest BCUT2D eigenvalue weighted by Crippen LogP contribution is -2.48. The van der Waals surface area contributed by atoms with Gasteiger partial charge >= 0.3 is 0 Å². The molecule has 6 fully saturated rings. The van der Waals surface area contributed by atoms with Gasteiger partial charge in [-0.2, -0.15) is 0 Å². The Morgan fingerprint density at radius 2 is 0.496 bits per heavy atom. The van der Waals surface area contributed by atoms with Crippen LogP contribution in [0.4, 0.5) is 0 Å². The normalized spacial score (nSPS) is 44.4. The van der Waals surface area contributed by atoms with E-state index < -0.39 is 316 Å². The monoisotopic (exact) mass is 2030 g/mol. The highest BCUT2D eigenvalue weighted by atomic mass is 16.5. The van der Waals surface area contributed by atoms with Crippen LogP contribution in [0.25, 0.3) is 0 Å². The van der Waals surface area contributed by atoms with Gasteiger partial charge in [0, 0.05) is 172 Å². The van der Waals surface area contributed by atoms with Gasteiger partial charge in [-0.05, 0) is 324 Å². The third-order valence-corrected chi connectivity index (χ3v) is 25.4. The number of fused-ring (bicyclic) bond motifs is 18. The fourth-order valence-corrected chi connectivity index (χ4v) is 19.0. The number of aliphatic hydroxyl groups is 6. The molecule has 0 radical (unpaired) electrons. The molecule has 0 bridgehead atoms. The Balaban J connectivity index is 0.000000203. The lowest BCUT2D eigenvalue weighted by molar-refractivity contribution is -0.0259. The van der Waals surface area contributed by atoms with Gasteiger partial charge in [-0.1, -0.05) is 103 Å². The smallest absolute Gasteiger partial charge is 0.161 e. The van der Waals surface area contributed by atoms with E-state index >= 15 is 0 Å². The van der Waals surface area contributed by atoms with E-state index in [0.29, 0.717) is 73.6 Å². The second-order valence-corrected chi connectivity index (χ2v) is 37.8. The molecule has 18 unspecified atom stereocenters. The van der Waals surface area contributed by atoms with E-state index in [9.17, 15) is 38.9 Å². The zero-order valence-electron chi connectivity index (χ0n) is 152. The van der Waals surface area contributed by atoms with Crippen LogP contribution in [0.1, 0.15) is 380 Å². The summed E-state index contributed by atoms with van der Waals surface area (Å²) in [5.41, 5.74) is -6.28. The third kappa shape index (κ3) is 26.9. The van der Waals surface area contributed by atoms with E-state index in [-0.39, 0.29) is 193 Å². The number of nitrogens with zero attached hydrogens (tertiary/aromatic N) is 6. The molecule has 141 heavy (non-hydrogen) atoms. The van der Waals surface area contributed by atoms with Crippen molar-refractivity contribution in [1.82, 2.24) is 29.4 Å². The van der Waals surface area contributed by atoms with Gasteiger partial charge in [-0.25, -0.2) is 0 Å². The fraction of sp³-hybridized carbons (Fsp3) is 0.692. The molecule has 0 spiro atoms. The summed E-state index contributed by atoms with van der Waals surface area (Å²) in [5, 5.41) is 66.7. The fourth-order valence-electron chi connectivity index (χ4n) is 19.0. The topological polar surface area (TPSA) is 252 Å². The first kappa shape index (κ1) is 50.0. The summed E-state index contributed by atoms with van der Waals surface area (Å²) < 4.78 is 641. The molecule has 0 amide bonds. The highest BCUT2D eigenvalue weighted by Gasteiger charge is 2.47. The van der Waals surface area contributed by atoms with Crippen molar-refractivity contribution < 1.29 is 185 Å². The Morgan fingerprint density at radius 3 is 0.716 bits per heavy atom. The van der Waals surface area contributed by atoms with Crippen LogP contribution in [0.5, 0.6) is 69.0 Å². The van der Waals surface area contributed by atoms with Crippen LogP contribution in [0.3, 0.4) is 0 Å². The largest absolute Gasteiger partial charge is 0.493 e. The lowest BCUT2D eigenvalue weighted by atomic mass is 9.75. The van der Waals surface area contributed by atoms with Crippen LogP contribution in [0, 0.1) is 69.5 Å². The van der Waals surface area contributed by atoms with E-state index in [0.717, 1.165) is 42.7 Å². The summed E-state index contributed by atoms with van der Waals surface area (Å²) in [5.74, 6) is -14.6.